The number of hydrogen-bond donors (Lipinski definition) is 2. The molecular weight excluding hydrogens is 324 g/mol. The average molecular weight is 343 g/mol. The van der Waals surface area contributed by atoms with Crippen LogP contribution in [0.3, 0.4) is 0 Å². The van der Waals surface area contributed by atoms with Gasteiger partial charge in [0.1, 0.15) is 0 Å². The van der Waals surface area contributed by atoms with Crippen LogP contribution >= 0.6 is 11.6 Å². The molecule has 24 heavy (non-hydrogen) atoms. The van der Waals surface area contributed by atoms with Gasteiger partial charge in [-0.2, -0.15) is 0 Å². The van der Waals surface area contributed by atoms with Crippen molar-refractivity contribution in [1.29, 1.82) is 0 Å². The molecule has 2 aromatic carbocycles. The molecule has 0 saturated heterocycles. The number of aromatic nitrogens is 1. The standard InChI is InChI=1S/C19H19ClN2O2/c20-16-9-5-4-8-15(16)18-12-22-19(24-18)13-21-17(10-11-23)14-6-2-1-3-7-14/h1-9,12,17,21,23H,10-11,13H2. The first-order valence-corrected chi connectivity index (χ1v) is 8.24. The number of benzene rings is 2. The highest BCUT2D eigenvalue weighted by atomic mass is 35.5. The van der Waals surface area contributed by atoms with Crippen LogP contribution in [0.25, 0.3) is 11.3 Å². The molecule has 1 aromatic heterocycles. The van der Waals surface area contributed by atoms with E-state index in [0.717, 1.165) is 11.1 Å². The molecule has 0 spiro atoms. The Morgan fingerprint density at radius 1 is 1.08 bits per heavy atom. The molecule has 1 unspecified atom stereocenters. The second-order valence-corrected chi connectivity index (χ2v) is 5.86. The molecule has 1 atom stereocenters. The number of oxazole rings is 1. The number of nitrogens with zero attached hydrogens (tertiary/aromatic N) is 1. The van der Waals surface area contributed by atoms with Crippen molar-refractivity contribution in [3.63, 3.8) is 0 Å². The van der Waals surface area contributed by atoms with E-state index in [2.05, 4.69) is 10.3 Å². The fourth-order valence-electron chi connectivity index (χ4n) is 2.59. The Balaban J connectivity index is 1.69. The lowest BCUT2D eigenvalue weighted by Gasteiger charge is -2.17. The van der Waals surface area contributed by atoms with Crippen molar-refractivity contribution in [2.45, 2.75) is 19.0 Å². The summed E-state index contributed by atoms with van der Waals surface area (Å²) >= 11 is 6.19. The van der Waals surface area contributed by atoms with E-state index >= 15 is 0 Å². The third-order valence-corrected chi connectivity index (χ3v) is 4.14. The predicted molar refractivity (Wildman–Crippen MR) is 94.7 cm³/mol. The molecule has 0 fully saturated rings. The molecule has 0 bridgehead atoms. The molecule has 2 N–H and O–H groups in total. The van der Waals surface area contributed by atoms with Crippen LogP contribution in [-0.2, 0) is 6.54 Å². The Labute approximate surface area is 146 Å². The van der Waals surface area contributed by atoms with E-state index in [1.165, 1.54) is 0 Å². The lowest BCUT2D eigenvalue weighted by molar-refractivity contribution is 0.263. The summed E-state index contributed by atoms with van der Waals surface area (Å²) in [6.45, 7) is 0.590. The van der Waals surface area contributed by atoms with Crippen LogP contribution in [0, 0.1) is 0 Å². The lowest BCUT2D eigenvalue weighted by atomic mass is 10.0. The number of hydrogen-bond acceptors (Lipinski definition) is 4. The topological polar surface area (TPSA) is 58.3 Å². The minimum Gasteiger partial charge on any atom is -0.439 e. The van der Waals surface area contributed by atoms with E-state index < -0.39 is 0 Å². The summed E-state index contributed by atoms with van der Waals surface area (Å²) in [5, 5.41) is 13.3. The van der Waals surface area contributed by atoms with Crippen LogP contribution in [0.2, 0.25) is 5.02 Å². The van der Waals surface area contributed by atoms with Gasteiger partial charge in [0.2, 0.25) is 5.89 Å². The molecule has 0 radical (unpaired) electrons. The third kappa shape index (κ3) is 4.03. The summed E-state index contributed by atoms with van der Waals surface area (Å²) < 4.78 is 5.79. The highest BCUT2D eigenvalue weighted by Crippen LogP contribution is 2.28. The number of aliphatic hydroxyl groups excluding tert-OH is 1. The summed E-state index contributed by atoms with van der Waals surface area (Å²) in [5.41, 5.74) is 1.96. The van der Waals surface area contributed by atoms with Gasteiger partial charge in [-0.15, -0.1) is 0 Å². The largest absolute Gasteiger partial charge is 0.439 e. The Morgan fingerprint density at radius 2 is 1.83 bits per heavy atom. The monoisotopic (exact) mass is 342 g/mol. The van der Waals surface area contributed by atoms with Gasteiger partial charge in [0, 0.05) is 18.2 Å². The molecule has 0 saturated carbocycles. The first kappa shape index (κ1) is 16.7. The summed E-state index contributed by atoms with van der Waals surface area (Å²) in [4.78, 5) is 4.31. The Bertz CT molecular complexity index is 774. The van der Waals surface area contributed by atoms with Gasteiger partial charge in [-0.25, -0.2) is 4.98 Å². The van der Waals surface area contributed by atoms with Crippen LogP contribution in [0.4, 0.5) is 0 Å². The molecular formula is C19H19ClN2O2. The lowest BCUT2D eigenvalue weighted by Crippen LogP contribution is -2.22. The van der Waals surface area contributed by atoms with Crippen LogP contribution in [0.5, 0.6) is 0 Å². The minimum atomic E-state index is 0.0480. The maximum absolute atomic E-state index is 9.28. The fourth-order valence-corrected chi connectivity index (χ4v) is 2.82. The molecule has 5 heteroatoms. The molecule has 0 aliphatic heterocycles. The van der Waals surface area contributed by atoms with E-state index in [-0.39, 0.29) is 12.6 Å². The van der Waals surface area contributed by atoms with Crippen molar-refractivity contribution in [3.8, 4) is 11.3 Å². The van der Waals surface area contributed by atoms with Crippen LogP contribution in [0.1, 0.15) is 23.9 Å². The van der Waals surface area contributed by atoms with Crippen LogP contribution in [0.15, 0.2) is 65.2 Å². The zero-order chi connectivity index (χ0) is 16.8. The van der Waals surface area contributed by atoms with Crippen molar-refractivity contribution in [2.75, 3.05) is 6.61 Å². The van der Waals surface area contributed by atoms with Crippen molar-refractivity contribution >= 4 is 11.6 Å². The molecule has 1 heterocycles. The molecule has 4 nitrogen and oxygen atoms in total. The molecule has 124 valence electrons. The predicted octanol–water partition coefficient (Wildman–Crippen LogP) is 4.21. The summed E-state index contributed by atoms with van der Waals surface area (Å²) in [5.74, 6) is 1.24. The number of halogens is 1. The van der Waals surface area contributed by atoms with Gasteiger partial charge in [-0.3, -0.25) is 0 Å². The van der Waals surface area contributed by atoms with Gasteiger partial charge < -0.3 is 14.8 Å². The highest BCUT2D eigenvalue weighted by Gasteiger charge is 2.13. The van der Waals surface area contributed by atoms with E-state index in [0.29, 0.717) is 29.6 Å². The minimum absolute atomic E-state index is 0.0480. The van der Waals surface area contributed by atoms with Crippen molar-refractivity contribution < 1.29 is 9.52 Å². The maximum atomic E-state index is 9.28. The Kier molecular flexibility index (Phi) is 5.64. The Morgan fingerprint density at radius 3 is 2.58 bits per heavy atom. The molecule has 3 aromatic rings. The van der Waals surface area contributed by atoms with Crippen molar-refractivity contribution in [2.24, 2.45) is 0 Å². The zero-order valence-corrected chi connectivity index (χ0v) is 13.9. The first-order chi connectivity index (χ1) is 11.8. The second-order valence-electron chi connectivity index (χ2n) is 5.45. The van der Waals surface area contributed by atoms with Gasteiger partial charge in [0.15, 0.2) is 5.76 Å². The number of aliphatic hydroxyl groups is 1. The van der Waals surface area contributed by atoms with E-state index in [1.54, 1.807) is 6.20 Å². The summed E-state index contributed by atoms with van der Waals surface area (Å²) in [6, 6.07) is 17.6. The Hall–Kier alpha value is -2.14. The molecule has 0 amide bonds. The highest BCUT2D eigenvalue weighted by molar-refractivity contribution is 6.33. The van der Waals surface area contributed by atoms with E-state index in [9.17, 15) is 5.11 Å². The molecule has 0 aliphatic carbocycles. The second kappa shape index (κ2) is 8.11. The van der Waals surface area contributed by atoms with Crippen LogP contribution in [-0.4, -0.2) is 16.7 Å². The van der Waals surface area contributed by atoms with E-state index in [4.69, 9.17) is 16.0 Å². The average Bonchev–Trinajstić information content (AvgIpc) is 3.08. The van der Waals surface area contributed by atoms with Crippen molar-refractivity contribution in [3.05, 3.63) is 77.3 Å². The number of rotatable bonds is 7. The SMILES string of the molecule is OCCC(NCc1ncc(-c2ccccc2Cl)o1)c1ccccc1. The zero-order valence-electron chi connectivity index (χ0n) is 13.2. The quantitative estimate of drug-likeness (QED) is 0.675. The van der Waals surface area contributed by atoms with E-state index in [1.807, 2.05) is 54.6 Å². The first-order valence-electron chi connectivity index (χ1n) is 7.86. The van der Waals surface area contributed by atoms with Gasteiger partial charge in [-0.05, 0) is 24.1 Å². The van der Waals surface area contributed by atoms with Gasteiger partial charge in [0.25, 0.3) is 0 Å². The molecule has 3 rings (SSSR count). The summed E-state index contributed by atoms with van der Waals surface area (Å²) in [7, 11) is 0. The smallest absolute Gasteiger partial charge is 0.208 e. The van der Waals surface area contributed by atoms with Crippen LogP contribution < -0.4 is 5.32 Å². The van der Waals surface area contributed by atoms with Crippen molar-refractivity contribution in [1.82, 2.24) is 10.3 Å². The summed E-state index contributed by atoms with van der Waals surface area (Å²) in [6.07, 6.45) is 2.31. The maximum Gasteiger partial charge on any atom is 0.208 e. The van der Waals surface area contributed by atoms with Gasteiger partial charge in [0.05, 0.1) is 17.8 Å². The number of nitrogens with one attached hydrogen (secondary N) is 1. The van der Waals surface area contributed by atoms with Gasteiger partial charge in [-0.1, -0.05) is 54.1 Å². The third-order valence-electron chi connectivity index (χ3n) is 3.81. The normalized spacial score (nSPS) is 12.2. The van der Waals surface area contributed by atoms with Gasteiger partial charge >= 0.3 is 0 Å². The fraction of sp³-hybridized carbons (Fsp3) is 0.211. The molecule has 0 aliphatic rings.